The van der Waals surface area contributed by atoms with E-state index in [0.29, 0.717) is 22.5 Å². The molecule has 0 atom stereocenters. The quantitative estimate of drug-likeness (QED) is 0.642. The van der Waals surface area contributed by atoms with Crippen molar-refractivity contribution < 1.29 is 22.7 Å². The number of pyridine rings is 1. The van der Waals surface area contributed by atoms with Gasteiger partial charge >= 0.3 is 6.18 Å². The number of carbonyl (C=O) groups is 1. The molecule has 0 unspecified atom stereocenters. The maximum atomic E-state index is 13.2. The Morgan fingerprint density at radius 3 is 2.54 bits per heavy atom. The van der Waals surface area contributed by atoms with Crippen molar-refractivity contribution in [3.8, 4) is 5.75 Å². The predicted molar refractivity (Wildman–Crippen MR) is 100 cm³/mol. The first-order chi connectivity index (χ1) is 13.2. The van der Waals surface area contributed by atoms with Crippen LogP contribution in [0.5, 0.6) is 5.75 Å². The average Bonchev–Trinajstić information content (AvgIpc) is 2.66. The maximum absolute atomic E-state index is 13.2. The molecule has 0 aliphatic carbocycles. The zero-order valence-corrected chi connectivity index (χ0v) is 15.7. The van der Waals surface area contributed by atoms with E-state index in [1.54, 1.807) is 38.3 Å². The first kappa shape index (κ1) is 19.7. The minimum absolute atomic E-state index is 0.0435. The van der Waals surface area contributed by atoms with Crippen molar-refractivity contribution in [2.45, 2.75) is 19.6 Å². The molecule has 0 fully saturated rings. The van der Waals surface area contributed by atoms with E-state index in [-0.39, 0.29) is 18.0 Å². The van der Waals surface area contributed by atoms with Gasteiger partial charge in [0.25, 0.3) is 5.91 Å². The third-order valence-corrected chi connectivity index (χ3v) is 4.52. The summed E-state index contributed by atoms with van der Waals surface area (Å²) in [6.07, 6.45) is -4.47. The van der Waals surface area contributed by atoms with Gasteiger partial charge in [0.2, 0.25) is 0 Å². The van der Waals surface area contributed by atoms with Crippen LogP contribution >= 0.6 is 0 Å². The van der Waals surface area contributed by atoms with E-state index in [1.807, 2.05) is 0 Å². The van der Waals surface area contributed by atoms with Gasteiger partial charge in [-0.3, -0.25) is 9.78 Å². The summed E-state index contributed by atoms with van der Waals surface area (Å²) in [7, 11) is 3.03. The normalized spacial score (nSPS) is 11.5. The fourth-order valence-electron chi connectivity index (χ4n) is 3.05. The van der Waals surface area contributed by atoms with E-state index in [0.717, 1.165) is 11.5 Å². The van der Waals surface area contributed by atoms with Crippen molar-refractivity contribution in [3.05, 3.63) is 70.9 Å². The number of nitrogens with zero attached hydrogens (tertiary/aromatic N) is 2. The number of aromatic nitrogens is 1. The molecule has 3 aromatic rings. The number of ether oxygens (including phenoxy) is 1. The van der Waals surface area contributed by atoms with Crippen LogP contribution in [0.2, 0.25) is 0 Å². The lowest BCUT2D eigenvalue weighted by atomic mass is 10.1. The van der Waals surface area contributed by atoms with Crippen LogP contribution in [0.3, 0.4) is 0 Å². The summed E-state index contributed by atoms with van der Waals surface area (Å²) in [5.74, 6) is 0.263. The van der Waals surface area contributed by atoms with Crippen molar-refractivity contribution in [2.75, 3.05) is 14.2 Å². The second-order valence-corrected chi connectivity index (χ2v) is 6.50. The molecule has 0 aliphatic heterocycles. The summed E-state index contributed by atoms with van der Waals surface area (Å²) in [4.78, 5) is 18.6. The average molecular weight is 388 g/mol. The van der Waals surface area contributed by atoms with E-state index in [9.17, 15) is 18.0 Å². The van der Waals surface area contributed by atoms with Gasteiger partial charge in [0.05, 0.1) is 29.4 Å². The van der Waals surface area contributed by atoms with Gasteiger partial charge in [-0.15, -0.1) is 0 Å². The molecule has 146 valence electrons. The second-order valence-electron chi connectivity index (χ2n) is 6.50. The van der Waals surface area contributed by atoms with Crippen LogP contribution in [0.1, 0.15) is 27.2 Å². The number of amides is 1. The monoisotopic (exact) mass is 388 g/mol. The molecule has 7 heteroatoms. The third kappa shape index (κ3) is 3.93. The van der Waals surface area contributed by atoms with Gasteiger partial charge < -0.3 is 9.64 Å². The molecule has 4 nitrogen and oxygen atoms in total. The minimum Gasteiger partial charge on any atom is -0.497 e. The van der Waals surface area contributed by atoms with Gasteiger partial charge in [-0.1, -0.05) is 18.2 Å². The summed E-state index contributed by atoms with van der Waals surface area (Å²) in [6.45, 7) is 1.54. The van der Waals surface area contributed by atoms with Crippen molar-refractivity contribution in [3.63, 3.8) is 0 Å². The highest BCUT2D eigenvalue weighted by molar-refractivity contribution is 5.98. The zero-order chi connectivity index (χ0) is 20.5. The molecule has 0 saturated carbocycles. The highest BCUT2D eigenvalue weighted by Gasteiger charge is 2.33. The molecule has 0 aliphatic rings. The molecule has 1 amide bonds. The van der Waals surface area contributed by atoms with Gasteiger partial charge in [0.15, 0.2) is 0 Å². The number of rotatable bonds is 4. The van der Waals surface area contributed by atoms with Crippen LogP contribution in [0.4, 0.5) is 13.2 Å². The number of methoxy groups -OCH3 is 1. The number of hydrogen-bond donors (Lipinski definition) is 0. The van der Waals surface area contributed by atoms with Gasteiger partial charge in [0, 0.05) is 25.0 Å². The Morgan fingerprint density at radius 1 is 1.14 bits per heavy atom. The molecule has 0 saturated heterocycles. The fourth-order valence-corrected chi connectivity index (χ4v) is 3.05. The first-order valence-electron chi connectivity index (χ1n) is 8.56. The van der Waals surface area contributed by atoms with E-state index < -0.39 is 11.7 Å². The van der Waals surface area contributed by atoms with E-state index in [1.165, 1.54) is 30.1 Å². The molecule has 2 aromatic carbocycles. The number of aryl methyl sites for hydroxylation is 1. The van der Waals surface area contributed by atoms with Gasteiger partial charge in [-0.2, -0.15) is 13.2 Å². The van der Waals surface area contributed by atoms with Crippen LogP contribution in [-0.2, 0) is 12.7 Å². The number of alkyl halides is 3. The van der Waals surface area contributed by atoms with Gasteiger partial charge in [-0.05, 0) is 36.8 Å². The van der Waals surface area contributed by atoms with Gasteiger partial charge in [0.1, 0.15) is 5.75 Å². The van der Waals surface area contributed by atoms with E-state index in [4.69, 9.17) is 4.74 Å². The Balaban J connectivity index is 1.91. The maximum Gasteiger partial charge on any atom is 0.416 e. The van der Waals surface area contributed by atoms with E-state index in [2.05, 4.69) is 4.98 Å². The number of hydrogen-bond acceptors (Lipinski definition) is 3. The summed E-state index contributed by atoms with van der Waals surface area (Å²) < 4.78 is 44.8. The molecule has 28 heavy (non-hydrogen) atoms. The van der Waals surface area contributed by atoms with Crippen LogP contribution in [0, 0.1) is 6.92 Å². The Morgan fingerprint density at radius 2 is 1.86 bits per heavy atom. The largest absolute Gasteiger partial charge is 0.497 e. The predicted octanol–water partition coefficient (Wildman–Crippen LogP) is 4.84. The third-order valence-electron chi connectivity index (χ3n) is 4.52. The summed E-state index contributed by atoms with van der Waals surface area (Å²) in [6, 6.07) is 12.3. The molecule has 1 heterocycles. The Labute approximate surface area is 160 Å². The molecule has 3 rings (SSSR count). The topological polar surface area (TPSA) is 42.4 Å². The lowest BCUT2D eigenvalue weighted by molar-refractivity contribution is -0.138. The van der Waals surface area contributed by atoms with E-state index >= 15 is 0 Å². The highest BCUT2D eigenvalue weighted by atomic mass is 19.4. The molecule has 0 radical (unpaired) electrons. The standard InChI is InChI=1S/C21H19F3N2O2/c1-13-17(10-14-8-9-16(28-3)11-19(14)25-13)20(27)26(2)12-15-6-4-5-7-18(15)21(22,23)24/h4-11H,12H2,1-3H3. The van der Waals surface area contributed by atoms with Crippen molar-refractivity contribution in [1.29, 1.82) is 0 Å². The summed E-state index contributed by atoms with van der Waals surface area (Å²) in [5, 5.41) is 0.749. The van der Waals surface area contributed by atoms with Gasteiger partial charge in [-0.25, -0.2) is 0 Å². The number of benzene rings is 2. The molecule has 0 N–H and O–H groups in total. The molecule has 1 aromatic heterocycles. The van der Waals surface area contributed by atoms with Crippen LogP contribution in [0.25, 0.3) is 10.9 Å². The molecule has 0 bridgehead atoms. The lowest BCUT2D eigenvalue weighted by Gasteiger charge is -2.21. The van der Waals surface area contributed by atoms with Crippen molar-refractivity contribution in [2.24, 2.45) is 0 Å². The Bertz CT molecular complexity index is 1030. The molecular formula is C21H19F3N2O2. The number of carbonyl (C=O) groups excluding carboxylic acids is 1. The summed E-state index contributed by atoms with van der Waals surface area (Å²) >= 11 is 0. The smallest absolute Gasteiger partial charge is 0.416 e. The lowest BCUT2D eigenvalue weighted by Crippen LogP contribution is -2.28. The number of halogens is 3. The van der Waals surface area contributed by atoms with Crippen LogP contribution < -0.4 is 4.74 Å². The first-order valence-corrected chi connectivity index (χ1v) is 8.56. The van der Waals surface area contributed by atoms with Crippen molar-refractivity contribution in [1.82, 2.24) is 9.88 Å². The number of fused-ring (bicyclic) bond motifs is 1. The van der Waals surface area contributed by atoms with Crippen LogP contribution in [-0.4, -0.2) is 29.9 Å². The summed E-state index contributed by atoms with van der Waals surface area (Å²) in [5.41, 5.74) is 0.835. The Hall–Kier alpha value is -3.09. The second kappa shape index (κ2) is 7.50. The zero-order valence-electron chi connectivity index (χ0n) is 15.7. The molecular weight excluding hydrogens is 369 g/mol. The SMILES string of the molecule is COc1ccc2cc(C(=O)N(C)Cc3ccccc3C(F)(F)F)c(C)nc2c1. The highest BCUT2D eigenvalue weighted by Crippen LogP contribution is 2.32. The van der Waals surface area contributed by atoms with Crippen molar-refractivity contribution >= 4 is 16.8 Å². The minimum atomic E-state index is -4.47. The molecule has 0 spiro atoms. The Kier molecular flexibility index (Phi) is 5.27. The fraction of sp³-hybridized carbons (Fsp3) is 0.238. The van der Waals surface area contributed by atoms with Crippen LogP contribution in [0.15, 0.2) is 48.5 Å².